The van der Waals surface area contributed by atoms with Crippen LogP contribution >= 0.6 is 15.9 Å². The molecule has 0 saturated heterocycles. The predicted molar refractivity (Wildman–Crippen MR) is 61.7 cm³/mol. The second kappa shape index (κ2) is 5.56. The molecule has 15 heavy (non-hydrogen) atoms. The molecule has 0 heterocycles. The zero-order valence-corrected chi connectivity index (χ0v) is 10.1. The molecule has 0 aliphatic heterocycles. The third kappa shape index (κ3) is 3.40. The van der Waals surface area contributed by atoms with E-state index in [1.165, 1.54) is 13.2 Å². The van der Waals surface area contributed by atoms with Gasteiger partial charge < -0.3 is 9.47 Å². The van der Waals surface area contributed by atoms with E-state index in [1.54, 1.807) is 13.2 Å². The maximum absolute atomic E-state index is 10.9. The van der Waals surface area contributed by atoms with Crippen molar-refractivity contribution in [1.82, 2.24) is 0 Å². The molecule has 4 heteroatoms. The second-order valence-corrected chi connectivity index (χ2v) is 3.60. The van der Waals surface area contributed by atoms with E-state index >= 15 is 0 Å². The van der Waals surface area contributed by atoms with Crippen molar-refractivity contribution >= 4 is 28.0 Å². The Kier molecular flexibility index (Phi) is 4.37. The fourth-order valence-electron chi connectivity index (χ4n) is 1.01. The Morgan fingerprint density at radius 1 is 1.40 bits per heavy atom. The number of carbonyl (C=O) groups is 1. The Hall–Kier alpha value is -1.29. The lowest BCUT2D eigenvalue weighted by atomic mass is 10.2. The third-order valence-corrected chi connectivity index (χ3v) is 2.44. The summed E-state index contributed by atoms with van der Waals surface area (Å²) in [5, 5.41) is 0. The van der Waals surface area contributed by atoms with Crippen LogP contribution in [0.4, 0.5) is 0 Å². The molecule has 0 aromatic heterocycles. The first-order chi connectivity index (χ1) is 7.17. The SMILES string of the molecule is COC(=O)C=Cc1ccc(Br)c(OC)c1. The van der Waals surface area contributed by atoms with Crippen molar-refractivity contribution in [2.45, 2.75) is 0 Å². The van der Waals surface area contributed by atoms with Crippen LogP contribution in [0.3, 0.4) is 0 Å². The highest BCUT2D eigenvalue weighted by Gasteiger charge is 1.99. The molecule has 0 atom stereocenters. The Bertz CT molecular complexity index is 385. The zero-order valence-electron chi connectivity index (χ0n) is 8.49. The Morgan fingerprint density at radius 2 is 2.13 bits per heavy atom. The standard InChI is InChI=1S/C11H11BrO3/c1-14-10-7-8(3-5-9(10)12)4-6-11(13)15-2/h3-7H,1-2H3. The van der Waals surface area contributed by atoms with Crippen molar-refractivity contribution in [2.24, 2.45) is 0 Å². The number of carbonyl (C=O) groups excluding carboxylic acids is 1. The van der Waals surface area contributed by atoms with Gasteiger partial charge >= 0.3 is 5.97 Å². The molecule has 0 aliphatic rings. The average molecular weight is 271 g/mol. The molecule has 80 valence electrons. The highest BCUT2D eigenvalue weighted by molar-refractivity contribution is 9.10. The minimum absolute atomic E-state index is 0.378. The highest BCUT2D eigenvalue weighted by Crippen LogP contribution is 2.25. The van der Waals surface area contributed by atoms with Gasteiger partial charge in [-0.2, -0.15) is 0 Å². The van der Waals surface area contributed by atoms with Crippen molar-refractivity contribution in [1.29, 1.82) is 0 Å². The van der Waals surface area contributed by atoms with Crippen LogP contribution in [0.15, 0.2) is 28.7 Å². The molecule has 0 aliphatic carbocycles. The first-order valence-corrected chi connectivity index (χ1v) is 5.06. The summed E-state index contributed by atoms with van der Waals surface area (Å²) in [6.07, 6.45) is 3.03. The Balaban J connectivity index is 2.87. The molecular weight excluding hydrogens is 260 g/mol. The molecule has 0 saturated carbocycles. The van der Waals surface area contributed by atoms with E-state index in [0.29, 0.717) is 0 Å². The van der Waals surface area contributed by atoms with Gasteiger partial charge in [0.2, 0.25) is 0 Å². The minimum atomic E-state index is -0.378. The molecule has 0 radical (unpaired) electrons. The van der Waals surface area contributed by atoms with E-state index < -0.39 is 0 Å². The number of hydrogen-bond acceptors (Lipinski definition) is 3. The van der Waals surface area contributed by atoms with Gasteiger partial charge in [-0.1, -0.05) is 6.07 Å². The molecule has 0 N–H and O–H groups in total. The van der Waals surface area contributed by atoms with Crippen molar-refractivity contribution in [3.63, 3.8) is 0 Å². The monoisotopic (exact) mass is 270 g/mol. The Labute approximate surface area is 96.8 Å². The van der Waals surface area contributed by atoms with Crippen LogP contribution in [0.25, 0.3) is 6.08 Å². The van der Waals surface area contributed by atoms with Gasteiger partial charge in [-0.3, -0.25) is 0 Å². The van der Waals surface area contributed by atoms with Crippen LogP contribution in [0.2, 0.25) is 0 Å². The fourth-order valence-corrected chi connectivity index (χ4v) is 1.42. The zero-order chi connectivity index (χ0) is 11.3. The summed E-state index contributed by atoms with van der Waals surface area (Å²) in [6.45, 7) is 0. The number of benzene rings is 1. The van der Waals surface area contributed by atoms with Crippen molar-refractivity contribution in [3.05, 3.63) is 34.3 Å². The maximum atomic E-state index is 10.9. The summed E-state index contributed by atoms with van der Waals surface area (Å²) >= 11 is 3.34. The van der Waals surface area contributed by atoms with Crippen LogP contribution in [-0.4, -0.2) is 20.2 Å². The molecule has 3 nitrogen and oxygen atoms in total. The number of methoxy groups -OCH3 is 2. The summed E-state index contributed by atoms with van der Waals surface area (Å²) < 4.78 is 10.5. The van der Waals surface area contributed by atoms with Crippen molar-refractivity contribution in [3.8, 4) is 5.75 Å². The van der Waals surface area contributed by atoms with Crippen molar-refractivity contribution < 1.29 is 14.3 Å². The molecule has 1 aromatic carbocycles. The molecular formula is C11H11BrO3. The van der Waals surface area contributed by atoms with E-state index in [2.05, 4.69) is 20.7 Å². The molecule has 0 amide bonds. The summed E-state index contributed by atoms with van der Waals surface area (Å²) in [4.78, 5) is 10.9. The topological polar surface area (TPSA) is 35.5 Å². The maximum Gasteiger partial charge on any atom is 0.330 e. The van der Waals surface area contributed by atoms with Gasteiger partial charge in [0.15, 0.2) is 0 Å². The summed E-state index contributed by atoms with van der Waals surface area (Å²) in [5.41, 5.74) is 0.875. The van der Waals surface area contributed by atoms with Gasteiger partial charge in [0.05, 0.1) is 18.7 Å². The largest absolute Gasteiger partial charge is 0.496 e. The van der Waals surface area contributed by atoms with E-state index in [9.17, 15) is 4.79 Å². The number of rotatable bonds is 3. The van der Waals surface area contributed by atoms with Crippen LogP contribution in [-0.2, 0) is 9.53 Å². The summed E-state index contributed by atoms with van der Waals surface area (Å²) in [6, 6.07) is 5.55. The molecule has 0 fully saturated rings. The lowest BCUT2D eigenvalue weighted by Crippen LogP contribution is -1.93. The molecule has 0 spiro atoms. The molecule has 0 bridgehead atoms. The summed E-state index contributed by atoms with van der Waals surface area (Å²) in [7, 11) is 2.93. The lowest BCUT2D eigenvalue weighted by molar-refractivity contribution is -0.134. The normalized spacial score (nSPS) is 10.3. The minimum Gasteiger partial charge on any atom is -0.496 e. The number of hydrogen-bond donors (Lipinski definition) is 0. The van der Waals surface area contributed by atoms with Gasteiger partial charge in [0, 0.05) is 6.08 Å². The quantitative estimate of drug-likeness (QED) is 0.626. The number of halogens is 1. The highest BCUT2D eigenvalue weighted by atomic mass is 79.9. The Morgan fingerprint density at radius 3 is 2.73 bits per heavy atom. The van der Waals surface area contributed by atoms with Gasteiger partial charge in [-0.05, 0) is 39.7 Å². The van der Waals surface area contributed by atoms with Crippen molar-refractivity contribution in [2.75, 3.05) is 14.2 Å². The second-order valence-electron chi connectivity index (χ2n) is 2.75. The van der Waals surface area contributed by atoms with E-state index in [-0.39, 0.29) is 5.97 Å². The first-order valence-electron chi connectivity index (χ1n) is 4.27. The lowest BCUT2D eigenvalue weighted by Gasteiger charge is -2.03. The van der Waals surface area contributed by atoms with Gasteiger partial charge in [0.1, 0.15) is 5.75 Å². The fraction of sp³-hybridized carbons (Fsp3) is 0.182. The van der Waals surface area contributed by atoms with Gasteiger partial charge in [-0.15, -0.1) is 0 Å². The molecule has 1 rings (SSSR count). The van der Waals surface area contributed by atoms with E-state index in [4.69, 9.17) is 4.74 Å². The first kappa shape index (κ1) is 11.8. The molecule has 0 unspecified atom stereocenters. The van der Waals surface area contributed by atoms with Crippen LogP contribution in [0.5, 0.6) is 5.75 Å². The summed E-state index contributed by atoms with van der Waals surface area (Å²) in [5.74, 6) is 0.346. The van der Waals surface area contributed by atoms with E-state index in [1.807, 2.05) is 18.2 Å². The van der Waals surface area contributed by atoms with Crippen LogP contribution in [0, 0.1) is 0 Å². The van der Waals surface area contributed by atoms with Crippen LogP contribution < -0.4 is 4.74 Å². The van der Waals surface area contributed by atoms with Crippen LogP contribution in [0.1, 0.15) is 5.56 Å². The predicted octanol–water partition coefficient (Wildman–Crippen LogP) is 2.64. The third-order valence-electron chi connectivity index (χ3n) is 1.79. The smallest absolute Gasteiger partial charge is 0.330 e. The van der Waals surface area contributed by atoms with Gasteiger partial charge in [-0.25, -0.2) is 4.79 Å². The van der Waals surface area contributed by atoms with Gasteiger partial charge in [0.25, 0.3) is 0 Å². The average Bonchev–Trinajstić information content (AvgIpc) is 2.27. The van der Waals surface area contributed by atoms with E-state index in [0.717, 1.165) is 15.8 Å². The molecule has 1 aromatic rings. The number of ether oxygens (including phenoxy) is 2. The number of esters is 1.